The summed E-state index contributed by atoms with van der Waals surface area (Å²) in [4.78, 5) is 0. The summed E-state index contributed by atoms with van der Waals surface area (Å²) >= 11 is 0. The summed E-state index contributed by atoms with van der Waals surface area (Å²) in [6.07, 6.45) is 6.28. The second-order valence-electron chi connectivity index (χ2n) is 3.03. The highest BCUT2D eigenvalue weighted by atomic mass is 16.5. The van der Waals surface area contributed by atoms with E-state index in [1.807, 2.05) is 6.08 Å². The summed E-state index contributed by atoms with van der Waals surface area (Å²) in [5, 5.41) is 8.57. The van der Waals surface area contributed by atoms with E-state index in [9.17, 15) is 0 Å². The Hall–Kier alpha value is -0.340. The van der Waals surface area contributed by atoms with Crippen molar-refractivity contribution in [2.45, 2.75) is 32.8 Å². The molecule has 0 fully saturated rings. The second-order valence-corrected chi connectivity index (χ2v) is 3.03. The van der Waals surface area contributed by atoms with Gasteiger partial charge in [0.25, 0.3) is 0 Å². The van der Waals surface area contributed by atoms with E-state index < -0.39 is 0 Å². The lowest BCUT2D eigenvalue weighted by Crippen LogP contribution is -2.18. The molecule has 0 radical (unpaired) electrons. The maximum absolute atomic E-state index is 8.57. The molecule has 2 atom stereocenters. The number of ether oxygens (including phenoxy) is 1. The molecule has 0 aliphatic rings. The fraction of sp³-hybridized carbons (Fsp3) is 0.800. The van der Waals surface area contributed by atoms with Crippen molar-refractivity contribution in [3.05, 3.63) is 12.2 Å². The quantitative estimate of drug-likeness (QED) is 0.621. The molecule has 0 aromatic carbocycles. The van der Waals surface area contributed by atoms with E-state index in [2.05, 4.69) is 13.8 Å². The first-order chi connectivity index (χ1) is 5.76. The van der Waals surface area contributed by atoms with Crippen LogP contribution in [0.2, 0.25) is 0 Å². The highest BCUT2D eigenvalue weighted by Crippen LogP contribution is 2.13. The van der Waals surface area contributed by atoms with Gasteiger partial charge in [-0.2, -0.15) is 0 Å². The molecule has 0 aromatic heterocycles. The van der Waals surface area contributed by atoms with Gasteiger partial charge in [0, 0.05) is 13.0 Å². The first-order valence-electron chi connectivity index (χ1n) is 4.56. The Morgan fingerprint density at radius 2 is 2.17 bits per heavy atom. The van der Waals surface area contributed by atoms with Crippen LogP contribution in [0.4, 0.5) is 0 Å². The van der Waals surface area contributed by atoms with Crippen LogP contribution >= 0.6 is 0 Å². The van der Waals surface area contributed by atoms with Crippen LogP contribution in [-0.4, -0.2) is 24.9 Å². The molecule has 0 bridgehead atoms. The van der Waals surface area contributed by atoms with Crippen LogP contribution in [0.3, 0.4) is 0 Å². The topological polar surface area (TPSA) is 29.5 Å². The molecule has 0 aromatic rings. The Balaban J connectivity index is 3.84. The van der Waals surface area contributed by atoms with Gasteiger partial charge in [0.2, 0.25) is 0 Å². The summed E-state index contributed by atoms with van der Waals surface area (Å²) < 4.78 is 5.32. The van der Waals surface area contributed by atoms with Gasteiger partial charge in [-0.15, -0.1) is 0 Å². The molecule has 0 spiro atoms. The third kappa shape index (κ3) is 4.52. The predicted molar refractivity (Wildman–Crippen MR) is 51.1 cm³/mol. The summed E-state index contributed by atoms with van der Waals surface area (Å²) in [6.45, 7) is 4.37. The molecule has 0 aliphatic carbocycles. The molecular weight excluding hydrogens is 152 g/mol. The van der Waals surface area contributed by atoms with E-state index in [1.54, 1.807) is 13.2 Å². The number of hydrogen-bond donors (Lipinski definition) is 1. The van der Waals surface area contributed by atoms with Crippen LogP contribution in [0, 0.1) is 5.92 Å². The molecule has 12 heavy (non-hydrogen) atoms. The van der Waals surface area contributed by atoms with Crippen LogP contribution in [0.5, 0.6) is 0 Å². The Morgan fingerprint density at radius 3 is 2.58 bits per heavy atom. The van der Waals surface area contributed by atoms with Crippen LogP contribution in [-0.2, 0) is 4.74 Å². The Bertz CT molecular complexity index is 121. The highest BCUT2D eigenvalue weighted by molar-refractivity contribution is 4.89. The lowest BCUT2D eigenvalue weighted by Gasteiger charge is -2.18. The van der Waals surface area contributed by atoms with Crippen molar-refractivity contribution in [2.75, 3.05) is 13.7 Å². The number of hydrogen-bond acceptors (Lipinski definition) is 2. The van der Waals surface area contributed by atoms with Gasteiger partial charge in [0.05, 0.1) is 12.7 Å². The zero-order valence-electron chi connectivity index (χ0n) is 8.29. The van der Waals surface area contributed by atoms with Crippen molar-refractivity contribution in [3.8, 4) is 0 Å². The number of aliphatic hydroxyl groups is 1. The number of aliphatic hydroxyl groups excluding tert-OH is 1. The Labute approximate surface area is 75.2 Å². The SMILES string of the molecule is CCCC(OC)C(C)C=CCO. The maximum atomic E-state index is 8.57. The predicted octanol–water partition coefficient (Wildman–Crippen LogP) is 1.99. The second kappa shape index (κ2) is 7.32. The highest BCUT2D eigenvalue weighted by Gasteiger charge is 2.11. The Morgan fingerprint density at radius 1 is 1.50 bits per heavy atom. The average molecular weight is 172 g/mol. The average Bonchev–Trinajstić information content (AvgIpc) is 2.10. The molecule has 0 aliphatic heterocycles. The maximum Gasteiger partial charge on any atom is 0.0631 e. The van der Waals surface area contributed by atoms with Crippen LogP contribution in [0.15, 0.2) is 12.2 Å². The first kappa shape index (κ1) is 11.7. The molecule has 2 unspecified atom stereocenters. The molecular formula is C10H20O2. The molecule has 0 heterocycles. The van der Waals surface area contributed by atoms with Crippen molar-refractivity contribution in [1.29, 1.82) is 0 Å². The monoisotopic (exact) mass is 172 g/mol. The zero-order valence-corrected chi connectivity index (χ0v) is 8.29. The molecule has 0 saturated heterocycles. The fourth-order valence-electron chi connectivity index (χ4n) is 1.28. The summed E-state index contributed by atoms with van der Waals surface area (Å²) in [7, 11) is 1.74. The van der Waals surface area contributed by atoms with Gasteiger partial charge in [0.1, 0.15) is 0 Å². The van der Waals surface area contributed by atoms with E-state index in [4.69, 9.17) is 9.84 Å². The summed E-state index contributed by atoms with van der Waals surface area (Å²) in [6, 6.07) is 0. The van der Waals surface area contributed by atoms with Gasteiger partial charge in [0.15, 0.2) is 0 Å². The third-order valence-electron chi connectivity index (χ3n) is 2.01. The minimum Gasteiger partial charge on any atom is -0.392 e. The molecule has 0 amide bonds. The van der Waals surface area contributed by atoms with E-state index in [0.29, 0.717) is 5.92 Å². The van der Waals surface area contributed by atoms with Gasteiger partial charge in [-0.25, -0.2) is 0 Å². The lowest BCUT2D eigenvalue weighted by atomic mass is 10.0. The first-order valence-corrected chi connectivity index (χ1v) is 4.56. The number of rotatable bonds is 6. The molecule has 1 N–H and O–H groups in total. The van der Waals surface area contributed by atoms with Crippen LogP contribution in [0.1, 0.15) is 26.7 Å². The summed E-state index contributed by atoms with van der Waals surface area (Å²) in [5.41, 5.74) is 0. The molecule has 0 saturated carbocycles. The summed E-state index contributed by atoms with van der Waals surface area (Å²) in [5.74, 6) is 0.391. The molecule has 0 rings (SSSR count). The van der Waals surface area contributed by atoms with Gasteiger partial charge in [-0.1, -0.05) is 32.4 Å². The van der Waals surface area contributed by atoms with Crippen molar-refractivity contribution < 1.29 is 9.84 Å². The van der Waals surface area contributed by atoms with Crippen molar-refractivity contribution in [2.24, 2.45) is 5.92 Å². The van der Waals surface area contributed by atoms with E-state index in [-0.39, 0.29) is 12.7 Å². The molecule has 72 valence electrons. The van der Waals surface area contributed by atoms with Crippen LogP contribution < -0.4 is 0 Å². The number of methoxy groups -OCH3 is 1. The van der Waals surface area contributed by atoms with Crippen molar-refractivity contribution in [1.82, 2.24) is 0 Å². The third-order valence-corrected chi connectivity index (χ3v) is 2.01. The minimum absolute atomic E-state index is 0.118. The normalized spacial score (nSPS) is 16.7. The van der Waals surface area contributed by atoms with Gasteiger partial charge in [-0.3, -0.25) is 0 Å². The fourth-order valence-corrected chi connectivity index (χ4v) is 1.28. The molecule has 2 heteroatoms. The van der Waals surface area contributed by atoms with E-state index >= 15 is 0 Å². The van der Waals surface area contributed by atoms with E-state index in [0.717, 1.165) is 12.8 Å². The smallest absolute Gasteiger partial charge is 0.0631 e. The van der Waals surface area contributed by atoms with Crippen LogP contribution in [0.25, 0.3) is 0 Å². The minimum atomic E-state index is 0.118. The van der Waals surface area contributed by atoms with Gasteiger partial charge < -0.3 is 9.84 Å². The standard InChI is InChI=1S/C10H20O2/c1-4-6-10(12-3)9(2)7-5-8-11/h5,7,9-11H,4,6,8H2,1-3H3. The molecule has 2 nitrogen and oxygen atoms in total. The van der Waals surface area contributed by atoms with Gasteiger partial charge >= 0.3 is 0 Å². The van der Waals surface area contributed by atoms with Crippen molar-refractivity contribution in [3.63, 3.8) is 0 Å². The zero-order chi connectivity index (χ0) is 9.40. The van der Waals surface area contributed by atoms with Crippen molar-refractivity contribution >= 4 is 0 Å². The van der Waals surface area contributed by atoms with E-state index in [1.165, 1.54) is 0 Å². The van der Waals surface area contributed by atoms with Gasteiger partial charge in [-0.05, 0) is 6.42 Å². The largest absolute Gasteiger partial charge is 0.392 e. The lowest BCUT2D eigenvalue weighted by molar-refractivity contribution is 0.0665. The Kier molecular flexibility index (Phi) is 7.11.